The van der Waals surface area contributed by atoms with E-state index in [0.717, 1.165) is 5.56 Å². The quantitative estimate of drug-likeness (QED) is 0.716. The van der Waals surface area contributed by atoms with Gasteiger partial charge in [0.15, 0.2) is 12.7 Å². The van der Waals surface area contributed by atoms with Crippen LogP contribution in [-0.2, 0) is 30.2 Å². The van der Waals surface area contributed by atoms with Crippen LogP contribution in [0.25, 0.3) is 0 Å². The van der Waals surface area contributed by atoms with Crippen LogP contribution in [0.3, 0.4) is 0 Å². The maximum Gasteiger partial charge on any atom is 0.344 e. The predicted molar refractivity (Wildman–Crippen MR) is 84.3 cm³/mol. The minimum atomic E-state index is -0.645. The fourth-order valence-electron chi connectivity index (χ4n) is 1.84. The molecule has 0 fully saturated rings. The number of methoxy groups -OCH3 is 2. The summed E-state index contributed by atoms with van der Waals surface area (Å²) in [6.45, 7) is 5.24. The zero-order valence-electron chi connectivity index (χ0n) is 14.3. The summed E-state index contributed by atoms with van der Waals surface area (Å²) < 4.78 is 20.3. The van der Waals surface area contributed by atoms with E-state index in [0.29, 0.717) is 12.2 Å². The highest BCUT2D eigenvalue weighted by molar-refractivity contribution is 5.75. The summed E-state index contributed by atoms with van der Waals surface area (Å²) in [5.74, 6) is -0.295. The number of carbonyl (C=O) groups is 2. The van der Waals surface area contributed by atoms with Crippen LogP contribution in [-0.4, -0.2) is 44.5 Å². The van der Waals surface area contributed by atoms with Crippen LogP contribution in [0.2, 0.25) is 0 Å². The minimum Gasteiger partial charge on any atom is -0.482 e. The van der Waals surface area contributed by atoms with Gasteiger partial charge in [0.05, 0.1) is 7.11 Å². The zero-order valence-corrected chi connectivity index (χ0v) is 14.3. The maximum atomic E-state index is 11.6. The molecule has 0 saturated carbocycles. The lowest BCUT2D eigenvalue weighted by atomic mass is 10.1. The van der Waals surface area contributed by atoms with Crippen LogP contribution >= 0.6 is 0 Å². The summed E-state index contributed by atoms with van der Waals surface area (Å²) in [6, 6.07) is 7.06. The van der Waals surface area contributed by atoms with E-state index >= 15 is 0 Å². The van der Waals surface area contributed by atoms with Gasteiger partial charge in [0.2, 0.25) is 0 Å². The number of ether oxygens (including phenoxy) is 4. The third-order valence-corrected chi connectivity index (χ3v) is 2.87. The molecule has 0 aliphatic heterocycles. The summed E-state index contributed by atoms with van der Waals surface area (Å²) in [4.78, 5) is 23.1. The average Bonchev–Trinajstić information content (AvgIpc) is 2.49. The van der Waals surface area contributed by atoms with Crippen molar-refractivity contribution in [3.63, 3.8) is 0 Å². The highest BCUT2D eigenvalue weighted by Crippen LogP contribution is 2.15. The molecule has 1 atom stereocenters. The monoisotopic (exact) mass is 324 g/mol. The van der Waals surface area contributed by atoms with Gasteiger partial charge in [0.25, 0.3) is 0 Å². The van der Waals surface area contributed by atoms with Crippen molar-refractivity contribution in [3.8, 4) is 5.75 Å². The van der Waals surface area contributed by atoms with Gasteiger partial charge in [-0.05, 0) is 38.5 Å². The van der Waals surface area contributed by atoms with E-state index in [4.69, 9.17) is 14.2 Å². The van der Waals surface area contributed by atoms with Crippen molar-refractivity contribution < 1.29 is 28.5 Å². The van der Waals surface area contributed by atoms with Gasteiger partial charge >= 0.3 is 11.9 Å². The van der Waals surface area contributed by atoms with Crippen LogP contribution in [0.15, 0.2) is 24.3 Å². The second kappa shape index (κ2) is 8.53. The predicted octanol–water partition coefficient (Wildman–Crippen LogP) is 2.14. The molecule has 0 unspecified atom stereocenters. The third-order valence-electron chi connectivity index (χ3n) is 2.87. The molecule has 0 aromatic heterocycles. The minimum absolute atomic E-state index is 0.153. The fraction of sp³-hybridized carbons (Fsp3) is 0.529. The molecule has 0 heterocycles. The van der Waals surface area contributed by atoms with E-state index in [1.165, 1.54) is 14.2 Å². The molecular weight excluding hydrogens is 300 g/mol. The molecule has 1 aromatic rings. The van der Waals surface area contributed by atoms with E-state index in [1.54, 1.807) is 45.0 Å². The summed E-state index contributed by atoms with van der Waals surface area (Å²) in [7, 11) is 2.78. The molecule has 128 valence electrons. The van der Waals surface area contributed by atoms with Crippen molar-refractivity contribution in [1.82, 2.24) is 0 Å². The van der Waals surface area contributed by atoms with Gasteiger partial charge in [-0.3, -0.25) is 0 Å². The first-order valence-corrected chi connectivity index (χ1v) is 7.29. The summed E-state index contributed by atoms with van der Waals surface area (Å²) in [5.41, 5.74) is 0.361. The van der Waals surface area contributed by atoms with Gasteiger partial charge in [-0.2, -0.15) is 0 Å². The van der Waals surface area contributed by atoms with Crippen molar-refractivity contribution in [2.24, 2.45) is 0 Å². The summed E-state index contributed by atoms with van der Waals surface area (Å²) in [6.07, 6.45) is -0.247. The van der Waals surface area contributed by atoms with Crippen molar-refractivity contribution in [3.05, 3.63) is 29.8 Å². The normalized spacial score (nSPS) is 12.4. The summed E-state index contributed by atoms with van der Waals surface area (Å²) in [5, 5.41) is 0. The molecule has 0 radical (unpaired) electrons. The van der Waals surface area contributed by atoms with Crippen molar-refractivity contribution in [2.75, 3.05) is 20.8 Å². The first-order valence-electron chi connectivity index (χ1n) is 7.29. The van der Waals surface area contributed by atoms with Crippen LogP contribution in [0, 0.1) is 0 Å². The molecule has 0 spiro atoms. The lowest BCUT2D eigenvalue weighted by Gasteiger charge is -2.19. The Hall–Kier alpha value is -2.08. The lowest BCUT2D eigenvalue weighted by molar-refractivity contribution is -0.157. The van der Waals surface area contributed by atoms with Crippen molar-refractivity contribution in [2.45, 2.75) is 38.9 Å². The number of hydrogen-bond donors (Lipinski definition) is 0. The van der Waals surface area contributed by atoms with Crippen molar-refractivity contribution >= 4 is 11.9 Å². The second-order valence-corrected chi connectivity index (χ2v) is 5.97. The molecular formula is C17H24O6. The molecule has 0 amide bonds. The Balaban J connectivity index is 2.53. The largest absolute Gasteiger partial charge is 0.482 e. The Morgan fingerprint density at radius 3 is 2.17 bits per heavy atom. The number of rotatable bonds is 7. The van der Waals surface area contributed by atoms with Gasteiger partial charge in [0, 0.05) is 13.5 Å². The molecule has 1 rings (SSSR count). The number of hydrogen-bond acceptors (Lipinski definition) is 6. The SMILES string of the molecule is COC(=O)[C@@H](Cc1ccc(OCC(=O)OC(C)(C)C)cc1)OC. The van der Waals surface area contributed by atoms with E-state index in [-0.39, 0.29) is 6.61 Å². The smallest absolute Gasteiger partial charge is 0.344 e. The van der Waals surface area contributed by atoms with E-state index in [2.05, 4.69) is 4.74 Å². The Kier molecular flexibility index (Phi) is 7.03. The average molecular weight is 324 g/mol. The molecule has 6 nitrogen and oxygen atoms in total. The standard InChI is InChI=1S/C17H24O6/c1-17(2,3)23-15(18)11-22-13-8-6-12(7-9-13)10-14(20-4)16(19)21-5/h6-9,14H,10-11H2,1-5H3/t14-/m1/s1. The molecule has 0 N–H and O–H groups in total. The first-order chi connectivity index (χ1) is 10.7. The molecule has 0 aliphatic rings. The topological polar surface area (TPSA) is 71.1 Å². The van der Waals surface area contributed by atoms with Crippen LogP contribution in [0.5, 0.6) is 5.75 Å². The number of esters is 2. The van der Waals surface area contributed by atoms with E-state index in [1.807, 2.05) is 0 Å². The zero-order chi connectivity index (χ0) is 17.5. The molecule has 0 bridgehead atoms. The molecule has 0 aliphatic carbocycles. The Morgan fingerprint density at radius 1 is 1.09 bits per heavy atom. The van der Waals surface area contributed by atoms with Crippen LogP contribution in [0.1, 0.15) is 26.3 Å². The molecule has 1 aromatic carbocycles. The van der Waals surface area contributed by atoms with Gasteiger partial charge in [-0.25, -0.2) is 9.59 Å². The third kappa shape index (κ3) is 7.15. The van der Waals surface area contributed by atoms with Gasteiger partial charge in [-0.15, -0.1) is 0 Å². The Morgan fingerprint density at radius 2 is 1.70 bits per heavy atom. The second-order valence-electron chi connectivity index (χ2n) is 5.97. The van der Waals surface area contributed by atoms with Gasteiger partial charge in [-0.1, -0.05) is 12.1 Å². The first kappa shape index (κ1) is 19.0. The molecule has 23 heavy (non-hydrogen) atoms. The van der Waals surface area contributed by atoms with Crippen LogP contribution < -0.4 is 4.74 Å². The maximum absolute atomic E-state index is 11.6. The Bertz CT molecular complexity index is 515. The molecule has 0 saturated heterocycles. The Labute approximate surface area is 136 Å². The summed E-state index contributed by atoms with van der Waals surface area (Å²) >= 11 is 0. The highest BCUT2D eigenvalue weighted by atomic mass is 16.6. The van der Waals surface area contributed by atoms with Gasteiger partial charge < -0.3 is 18.9 Å². The van der Waals surface area contributed by atoms with Crippen molar-refractivity contribution in [1.29, 1.82) is 0 Å². The lowest BCUT2D eigenvalue weighted by Crippen LogP contribution is -2.27. The van der Waals surface area contributed by atoms with E-state index in [9.17, 15) is 9.59 Å². The van der Waals surface area contributed by atoms with Crippen LogP contribution in [0.4, 0.5) is 0 Å². The van der Waals surface area contributed by atoms with E-state index < -0.39 is 23.6 Å². The highest BCUT2D eigenvalue weighted by Gasteiger charge is 2.19. The van der Waals surface area contributed by atoms with Gasteiger partial charge in [0.1, 0.15) is 11.4 Å². The number of benzene rings is 1. The molecule has 6 heteroatoms. The fourth-order valence-corrected chi connectivity index (χ4v) is 1.84. The number of carbonyl (C=O) groups excluding carboxylic acids is 2.